The Kier molecular flexibility index (Phi) is 3.64. The molecule has 1 aromatic heterocycles. The number of aromatic nitrogens is 2. The summed E-state index contributed by atoms with van der Waals surface area (Å²) in [6, 6.07) is 0. The summed E-state index contributed by atoms with van der Waals surface area (Å²) in [5.74, 6) is 0.343. The molecule has 0 aliphatic carbocycles. The topological polar surface area (TPSA) is 47.4 Å². The molecule has 2 rings (SSSR count). The monoisotopic (exact) mass is 263 g/mol. The summed E-state index contributed by atoms with van der Waals surface area (Å²) in [6.45, 7) is 11.5. The minimum atomic E-state index is -0.438. The van der Waals surface area contributed by atoms with Gasteiger partial charge in [0.25, 0.3) is 0 Å². The zero-order chi connectivity index (χ0) is 14.0. The van der Waals surface area contributed by atoms with Crippen LogP contribution in [0.15, 0.2) is 25.2 Å². The zero-order valence-corrected chi connectivity index (χ0v) is 11.8. The Bertz CT molecular complexity index is 467. The molecule has 1 aliphatic rings. The van der Waals surface area contributed by atoms with Gasteiger partial charge in [0.15, 0.2) is 0 Å². The average Bonchev–Trinajstić information content (AvgIpc) is 2.62. The largest absolute Gasteiger partial charge is 0.444 e. The molecule has 104 valence electrons. The highest BCUT2D eigenvalue weighted by atomic mass is 16.6. The van der Waals surface area contributed by atoms with Crippen molar-refractivity contribution in [3.63, 3.8) is 0 Å². The lowest BCUT2D eigenvalue weighted by Crippen LogP contribution is -2.50. The number of likely N-dealkylation sites (tertiary alicyclic amines) is 1. The standard InChI is InChI=1S/C14H21N3O2/c1-5-6-16-10-15-7-12(16)11-8-17(9-11)13(18)19-14(2,3)4/h5,7,10-11H,1,6,8-9H2,2-4H3. The van der Waals surface area contributed by atoms with E-state index in [-0.39, 0.29) is 6.09 Å². The third kappa shape index (κ3) is 3.16. The van der Waals surface area contributed by atoms with Crippen molar-refractivity contribution in [1.29, 1.82) is 0 Å². The highest BCUT2D eigenvalue weighted by Gasteiger charge is 2.35. The van der Waals surface area contributed by atoms with Gasteiger partial charge >= 0.3 is 6.09 Å². The molecular formula is C14H21N3O2. The fraction of sp³-hybridized carbons (Fsp3) is 0.571. The molecule has 0 aromatic carbocycles. The number of nitrogens with zero attached hydrogens (tertiary/aromatic N) is 3. The highest BCUT2D eigenvalue weighted by molar-refractivity contribution is 5.69. The van der Waals surface area contributed by atoms with Gasteiger partial charge in [-0.1, -0.05) is 6.08 Å². The number of hydrogen-bond donors (Lipinski definition) is 0. The Hall–Kier alpha value is -1.78. The molecule has 0 saturated carbocycles. The number of imidazole rings is 1. The van der Waals surface area contributed by atoms with Crippen LogP contribution in [0.1, 0.15) is 32.4 Å². The van der Waals surface area contributed by atoms with Crippen LogP contribution in [0.2, 0.25) is 0 Å². The maximum Gasteiger partial charge on any atom is 0.410 e. The molecule has 5 heteroatoms. The number of ether oxygens (including phenoxy) is 1. The van der Waals surface area contributed by atoms with Crippen molar-refractivity contribution < 1.29 is 9.53 Å². The van der Waals surface area contributed by atoms with Crippen LogP contribution >= 0.6 is 0 Å². The second kappa shape index (κ2) is 5.07. The SMILES string of the molecule is C=CCn1cncc1C1CN(C(=O)OC(C)(C)C)C1. The first-order chi connectivity index (χ1) is 8.90. The van der Waals surface area contributed by atoms with Crippen molar-refractivity contribution in [2.45, 2.75) is 38.8 Å². The summed E-state index contributed by atoms with van der Waals surface area (Å²) in [7, 11) is 0. The Morgan fingerprint density at radius 3 is 2.84 bits per heavy atom. The Balaban J connectivity index is 1.90. The number of amides is 1. The van der Waals surface area contributed by atoms with E-state index in [1.54, 1.807) is 11.2 Å². The summed E-state index contributed by atoms with van der Waals surface area (Å²) in [5, 5.41) is 0. The maximum absolute atomic E-state index is 11.8. The van der Waals surface area contributed by atoms with Crippen LogP contribution in [0.5, 0.6) is 0 Å². The van der Waals surface area contributed by atoms with Crippen LogP contribution < -0.4 is 0 Å². The van der Waals surface area contributed by atoms with Gasteiger partial charge in [0.2, 0.25) is 0 Å². The van der Waals surface area contributed by atoms with Crippen molar-refractivity contribution in [2.24, 2.45) is 0 Å². The average molecular weight is 263 g/mol. The molecule has 5 nitrogen and oxygen atoms in total. The first kappa shape index (κ1) is 13.6. The fourth-order valence-electron chi connectivity index (χ4n) is 2.10. The zero-order valence-electron chi connectivity index (χ0n) is 11.8. The van der Waals surface area contributed by atoms with E-state index < -0.39 is 5.60 Å². The van der Waals surface area contributed by atoms with Crippen LogP contribution in [0.25, 0.3) is 0 Å². The molecule has 0 bridgehead atoms. The number of rotatable bonds is 3. The van der Waals surface area contributed by atoms with E-state index in [1.165, 1.54) is 0 Å². The van der Waals surface area contributed by atoms with Gasteiger partial charge in [0.1, 0.15) is 5.60 Å². The van der Waals surface area contributed by atoms with Gasteiger partial charge in [-0.25, -0.2) is 9.78 Å². The molecule has 1 amide bonds. The molecule has 1 aromatic rings. The molecule has 1 fully saturated rings. The van der Waals surface area contributed by atoms with Crippen LogP contribution in [-0.2, 0) is 11.3 Å². The number of allylic oxidation sites excluding steroid dienone is 1. The van der Waals surface area contributed by atoms with Gasteiger partial charge in [0.05, 0.1) is 6.33 Å². The Morgan fingerprint density at radius 2 is 2.26 bits per heavy atom. The van der Waals surface area contributed by atoms with Crippen LogP contribution in [-0.4, -0.2) is 39.2 Å². The number of hydrogen-bond acceptors (Lipinski definition) is 3. The smallest absolute Gasteiger partial charge is 0.410 e. The Morgan fingerprint density at radius 1 is 1.58 bits per heavy atom. The second-order valence-corrected chi connectivity index (χ2v) is 5.84. The van der Waals surface area contributed by atoms with E-state index in [1.807, 2.05) is 33.0 Å². The molecule has 2 heterocycles. The van der Waals surface area contributed by atoms with Gasteiger partial charge in [-0.05, 0) is 20.8 Å². The van der Waals surface area contributed by atoms with Crippen molar-refractivity contribution in [3.8, 4) is 0 Å². The lowest BCUT2D eigenvalue weighted by Gasteiger charge is -2.39. The molecular weight excluding hydrogens is 242 g/mol. The molecule has 1 saturated heterocycles. The normalized spacial score (nSPS) is 16.1. The van der Waals surface area contributed by atoms with Crippen molar-refractivity contribution in [1.82, 2.24) is 14.5 Å². The number of carbonyl (C=O) groups excluding carboxylic acids is 1. The van der Waals surface area contributed by atoms with Crippen LogP contribution in [0, 0.1) is 0 Å². The lowest BCUT2D eigenvalue weighted by atomic mass is 9.97. The highest BCUT2D eigenvalue weighted by Crippen LogP contribution is 2.28. The summed E-state index contributed by atoms with van der Waals surface area (Å²) < 4.78 is 7.39. The van der Waals surface area contributed by atoms with Gasteiger partial charge in [0, 0.05) is 37.4 Å². The van der Waals surface area contributed by atoms with Gasteiger partial charge < -0.3 is 14.2 Å². The first-order valence-electron chi connectivity index (χ1n) is 6.49. The van der Waals surface area contributed by atoms with E-state index >= 15 is 0 Å². The van der Waals surface area contributed by atoms with E-state index in [9.17, 15) is 4.79 Å². The molecule has 0 unspecified atom stereocenters. The number of carbonyl (C=O) groups is 1. The minimum Gasteiger partial charge on any atom is -0.444 e. The predicted molar refractivity (Wildman–Crippen MR) is 73.0 cm³/mol. The van der Waals surface area contributed by atoms with Gasteiger partial charge in [-0.3, -0.25) is 0 Å². The lowest BCUT2D eigenvalue weighted by molar-refractivity contribution is 0.00762. The summed E-state index contributed by atoms with van der Waals surface area (Å²) in [6.07, 6.45) is 5.27. The molecule has 0 N–H and O–H groups in total. The Labute approximate surface area is 113 Å². The first-order valence-corrected chi connectivity index (χ1v) is 6.49. The molecule has 19 heavy (non-hydrogen) atoms. The van der Waals surface area contributed by atoms with Gasteiger partial charge in [-0.2, -0.15) is 0 Å². The van der Waals surface area contributed by atoms with E-state index in [0.29, 0.717) is 19.0 Å². The third-order valence-corrected chi connectivity index (χ3v) is 3.02. The predicted octanol–water partition coefficient (Wildman–Crippen LogP) is 2.40. The van der Waals surface area contributed by atoms with Crippen LogP contribution in [0.4, 0.5) is 4.79 Å². The van der Waals surface area contributed by atoms with E-state index in [0.717, 1.165) is 12.2 Å². The maximum atomic E-state index is 11.8. The van der Waals surface area contributed by atoms with Crippen molar-refractivity contribution >= 4 is 6.09 Å². The summed E-state index contributed by atoms with van der Waals surface area (Å²) >= 11 is 0. The van der Waals surface area contributed by atoms with Crippen molar-refractivity contribution in [2.75, 3.05) is 13.1 Å². The molecule has 1 aliphatic heterocycles. The summed E-state index contributed by atoms with van der Waals surface area (Å²) in [4.78, 5) is 17.7. The molecule has 0 radical (unpaired) electrons. The second-order valence-electron chi connectivity index (χ2n) is 5.84. The minimum absolute atomic E-state index is 0.237. The van der Waals surface area contributed by atoms with E-state index in [2.05, 4.69) is 16.1 Å². The van der Waals surface area contributed by atoms with Gasteiger partial charge in [-0.15, -0.1) is 6.58 Å². The molecule has 0 atom stereocenters. The van der Waals surface area contributed by atoms with Crippen molar-refractivity contribution in [3.05, 3.63) is 30.9 Å². The van der Waals surface area contributed by atoms with E-state index in [4.69, 9.17) is 4.74 Å². The fourth-order valence-corrected chi connectivity index (χ4v) is 2.10. The quantitative estimate of drug-likeness (QED) is 0.787. The third-order valence-electron chi connectivity index (χ3n) is 3.02. The summed E-state index contributed by atoms with van der Waals surface area (Å²) in [5.41, 5.74) is 0.715. The molecule has 0 spiro atoms. The van der Waals surface area contributed by atoms with Crippen LogP contribution in [0.3, 0.4) is 0 Å².